The maximum absolute atomic E-state index is 13.6. The fraction of sp³-hybridized carbons (Fsp3) is 0.517. The number of hydrogen-bond acceptors (Lipinski definition) is 6. The van der Waals surface area contributed by atoms with Crippen molar-refractivity contribution in [3.8, 4) is 17.7 Å². The molecule has 1 saturated heterocycles. The Balaban J connectivity index is 1.59. The lowest BCUT2D eigenvalue weighted by Crippen LogP contribution is -2.50. The van der Waals surface area contributed by atoms with Gasteiger partial charge in [0, 0.05) is 56.1 Å². The third-order valence-corrected chi connectivity index (χ3v) is 7.05. The molecule has 192 valence electrons. The fourth-order valence-electron chi connectivity index (χ4n) is 4.81. The number of hydrogen-bond donors (Lipinski definition) is 1. The van der Waals surface area contributed by atoms with Crippen molar-refractivity contribution >= 4 is 5.91 Å². The van der Waals surface area contributed by atoms with Gasteiger partial charge in [0.05, 0.1) is 12.6 Å². The van der Waals surface area contributed by atoms with E-state index < -0.39 is 0 Å². The van der Waals surface area contributed by atoms with Gasteiger partial charge >= 0.3 is 0 Å². The van der Waals surface area contributed by atoms with Gasteiger partial charge in [-0.3, -0.25) is 4.79 Å². The Morgan fingerprint density at radius 2 is 1.89 bits per heavy atom. The van der Waals surface area contributed by atoms with Gasteiger partial charge in [0.1, 0.15) is 11.7 Å². The van der Waals surface area contributed by atoms with E-state index >= 15 is 0 Å². The molecule has 7 nitrogen and oxygen atoms in total. The van der Waals surface area contributed by atoms with Crippen LogP contribution in [0.5, 0.6) is 5.88 Å². The Labute approximate surface area is 214 Å². The molecule has 0 aliphatic carbocycles. The van der Waals surface area contributed by atoms with Crippen LogP contribution in [0.4, 0.5) is 0 Å². The van der Waals surface area contributed by atoms with E-state index in [-0.39, 0.29) is 30.6 Å². The maximum Gasteiger partial charge on any atom is 0.259 e. The van der Waals surface area contributed by atoms with Crippen molar-refractivity contribution in [1.29, 1.82) is 0 Å². The number of pyridine rings is 1. The topological polar surface area (TPSA) is 75.1 Å². The van der Waals surface area contributed by atoms with Crippen LogP contribution in [0.1, 0.15) is 48.2 Å². The second-order valence-corrected chi connectivity index (χ2v) is 10.1. The normalized spacial score (nSPS) is 21.6. The zero-order valence-corrected chi connectivity index (χ0v) is 21.5. The Hall–Kier alpha value is -2.92. The molecule has 0 saturated carbocycles. The Kier molecular flexibility index (Phi) is 8.98. The standard InChI is InChI=1S/C29H37N3O4/c1-21-17-32(22(2)20-33)29(34)26-15-25(10-9-23-7-5-4-6-8-23)16-30-28(26)36-27(21)19-31(3)18-24-11-13-35-14-12-24/h4-8,15-16,21-22,24,27,33H,11-14,17-20H2,1-3H3/t21-,22+,27-/m0/s1. The van der Waals surface area contributed by atoms with Gasteiger partial charge < -0.3 is 24.4 Å². The van der Waals surface area contributed by atoms with Crippen LogP contribution in [-0.2, 0) is 4.74 Å². The summed E-state index contributed by atoms with van der Waals surface area (Å²) in [5.41, 5.74) is 1.93. The van der Waals surface area contributed by atoms with E-state index in [0.717, 1.165) is 44.7 Å². The van der Waals surface area contributed by atoms with Gasteiger partial charge in [0.15, 0.2) is 0 Å². The number of likely N-dealkylation sites (N-methyl/N-ethyl adjacent to an activating group) is 1. The molecular weight excluding hydrogens is 454 g/mol. The first-order valence-electron chi connectivity index (χ1n) is 12.9. The predicted octanol–water partition coefficient (Wildman–Crippen LogP) is 3.06. The highest BCUT2D eigenvalue weighted by molar-refractivity contribution is 5.97. The summed E-state index contributed by atoms with van der Waals surface area (Å²) in [6.07, 6.45) is 3.68. The molecule has 1 aromatic carbocycles. The van der Waals surface area contributed by atoms with Crippen LogP contribution in [0.2, 0.25) is 0 Å². The fourth-order valence-corrected chi connectivity index (χ4v) is 4.81. The molecule has 2 aliphatic rings. The first-order chi connectivity index (χ1) is 17.4. The third-order valence-electron chi connectivity index (χ3n) is 7.05. The molecular formula is C29H37N3O4. The molecule has 1 fully saturated rings. The summed E-state index contributed by atoms with van der Waals surface area (Å²) in [6.45, 7) is 7.73. The molecule has 3 atom stereocenters. The molecule has 4 rings (SSSR count). The highest BCUT2D eigenvalue weighted by Gasteiger charge is 2.34. The SMILES string of the molecule is C[C@H](CO)N1C[C@H](C)[C@H](CN(C)CC2CCOCC2)Oc2ncc(C#Cc3ccccc3)cc2C1=O. The minimum Gasteiger partial charge on any atom is -0.472 e. The van der Waals surface area contributed by atoms with E-state index in [1.54, 1.807) is 17.2 Å². The van der Waals surface area contributed by atoms with E-state index in [2.05, 4.69) is 35.7 Å². The summed E-state index contributed by atoms with van der Waals surface area (Å²) in [4.78, 5) is 22.2. The van der Waals surface area contributed by atoms with Gasteiger partial charge in [-0.1, -0.05) is 37.0 Å². The number of carbonyl (C=O) groups excluding carboxylic acids is 1. The van der Waals surface area contributed by atoms with Gasteiger partial charge in [0.2, 0.25) is 5.88 Å². The van der Waals surface area contributed by atoms with Crippen molar-refractivity contribution in [3.05, 3.63) is 59.3 Å². The molecule has 0 bridgehead atoms. The zero-order valence-electron chi connectivity index (χ0n) is 21.5. The largest absolute Gasteiger partial charge is 0.472 e. The van der Waals surface area contributed by atoms with E-state index in [1.807, 2.05) is 37.3 Å². The summed E-state index contributed by atoms with van der Waals surface area (Å²) in [7, 11) is 2.13. The van der Waals surface area contributed by atoms with Crippen LogP contribution >= 0.6 is 0 Å². The maximum atomic E-state index is 13.6. The zero-order chi connectivity index (χ0) is 25.5. The van der Waals surface area contributed by atoms with Crippen molar-refractivity contribution in [2.45, 2.75) is 38.8 Å². The van der Waals surface area contributed by atoms with Gasteiger partial charge in [-0.05, 0) is 50.9 Å². The molecule has 2 aliphatic heterocycles. The average Bonchev–Trinajstić information content (AvgIpc) is 2.90. The first-order valence-corrected chi connectivity index (χ1v) is 12.9. The van der Waals surface area contributed by atoms with E-state index in [0.29, 0.717) is 29.5 Å². The number of fused-ring (bicyclic) bond motifs is 1. The molecule has 0 unspecified atom stereocenters. The van der Waals surface area contributed by atoms with Crippen molar-refractivity contribution in [2.75, 3.05) is 46.5 Å². The number of aliphatic hydroxyl groups is 1. The van der Waals surface area contributed by atoms with Crippen molar-refractivity contribution in [3.63, 3.8) is 0 Å². The highest BCUT2D eigenvalue weighted by atomic mass is 16.5. The molecule has 1 amide bonds. The predicted molar refractivity (Wildman–Crippen MR) is 139 cm³/mol. The van der Waals surface area contributed by atoms with Gasteiger partial charge in [-0.25, -0.2) is 4.98 Å². The lowest BCUT2D eigenvalue weighted by molar-refractivity contribution is 0.0254. The smallest absolute Gasteiger partial charge is 0.259 e. The summed E-state index contributed by atoms with van der Waals surface area (Å²) < 4.78 is 11.9. The third kappa shape index (κ3) is 6.64. The number of carbonyl (C=O) groups is 1. The van der Waals surface area contributed by atoms with Crippen molar-refractivity contribution in [2.24, 2.45) is 11.8 Å². The van der Waals surface area contributed by atoms with E-state index in [4.69, 9.17) is 9.47 Å². The van der Waals surface area contributed by atoms with Crippen molar-refractivity contribution < 1.29 is 19.4 Å². The number of ether oxygens (including phenoxy) is 2. The van der Waals surface area contributed by atoms with Crippen LogP contribution in [-0.4, -0.2) is 84.4 Å². The molecule has 0 radical (unpaired) electrons. The number of aromatic nitrogens is 1. The summed E-state index contributed by atoms with van der Waals surface area (Å²) in [6, 6.07) is 11.2. The summed E-state index contributed by atoms with van der Waals surface area (Å²) in [5.74, 6) is 7.06. The molecule has 3 heterocycles. The quantitative estimate of drug-likeness (QED) is 0.626. The summed E-state index contributed by atoms with van der Waals surface area (Å²) in [5, 5.41) is 9.88. The first kappa shape index (κ1) is 26.2. The molecule has 1 N–H and O–H groups in total. The van der Waals surface area contributed by atoms with E-state index in [9.17, 15) is 9.90 Å². The van der Waals surface area contributed by atoms with Crippen LogP contribution in [0.15, 0.2) is 42.6 Å². The van der Waals surface area contributed by atoms with Crippen LogP contribution in [0, 0.1) is 23.7 Å². The average molecular weight is 492 g/mol. The second-order valence-electron chi connectivity index (χ2n) is 10.1. The van der Waals surface area contributed by atoms with Gasteiger partial charge in [-0.15, -0.1) is 0 Å². The number of benzene rings is 1. The lowest BCUT2D eigenvalue weighted by Gasteiger charge is -2.38. The number of nitrogens with zero attached hydrogens (tertiary/aromatic N) is 3. The Morgan fingerprint density at radius 3 is 2.61 bits per heavy atom. The minimum atomic E-state index is -0.314. The highest BCUT2D eigenvalue weighted by Crippen LogP contribution is 2.27. The second kappa shape index (κ2) is 12.4. The Bertz CT molecular complexity index is 1070. The molecule has 7 heteroatoms. The summed E-state index contributed by atoms with van der Waals surface area (Å²) >= 11 is 0. The van der Waals surface area contributed by atoms with Crippen LogP contribution in [0.3, 0.4) is 0 Å². The Morgan fingerprint density at radius 1 is 1.17 bits per heavy atom. The molecule has 36 heavy (non-hydrogen) atoms. The minimum absolute atomic E-state index is 0.0626. The van der Waals surface area contributed by atoms with Crippen LogP contribution < -0.4 is 4.74 Å². The monoisotopic (exact) mass is 491 g/mol. The molecule has 1 aromatic heterocycles. The van der Waals surface area contributed by atoms with Gasteiger partial charge in [0.25, 0.3) is 5.91 Å². The van der Waals surface area contributed by atoms with Crippen molar-refractivity contribution in [1.82, 2.24) is 14.8 Å². The number of aliphatic hydroxyl groups excluding tert-OH is 1. The molecule has 0 spiro atoms. The number of amides is 1. The van der Waals surface area contributed by atoms with Gasteiger partial charge in [-0.2, -0.15) is 0 Å². The lowest BCUT2D eigenvalue weighted by atomic mass is 9.97. The number of rotatable bonds is 6. The molecule has 2 aromatic rings. The van der Waals surface area contributed by atoms with Crippen LogP contribution in [0.25, 0.3) is 0 Å². The van der Waals surface area contributed by atoms with E-state index in [1.165, 1.54) is 0 Å².